The highest BCUT2D eigenvalue weighted by molar-refractivity contribution is 7.12. The van der Waals surface area contributed by atoms with Gasteiger partial charge in [0.05, 0.1) is 6.54 Å². The molecule has 3 aromatic rings. The quantitative estimate of drug-likeness (QED) is 0.721. The molecule has 0 bridgehead atoms. The smallest absolute Gasteiger partial charge is 0.203 e. The molecule has 1 aromatic heterocycles. The molecule has 0 fully saturated rings. The summed E-state index contributed by atoms with van der Waals surface area (Å²) in [6, 6.07) is 17.9. The molecule has 1 heterocycles. The first-order chi connectivity index (χ1) is 10.2. The minimum Gasteiger partial charge on any atom is -0.253 e. The summed E-state index contributed by atoms with van der Waals surface area (Å²) in [5.74, 6) is 0. The number of hydrogen-bond acceptors (Lipinski definition) is 3. The molecule has 0 saturated heterocycles. The minimum absolute atomic E-state index is 0.664. The number of halogens is 1. The predicted molar refractivity (Wildman–Crippen MR) is 87.2 cm³/mol. The van der Waals surface area contributed by atoms with E-state index in [0.717, 1.165) is 20.4 Å². The van der Waals surface area contributed by atoms with Crippen molar-refractivity contribution < 1.29 is 0 Å². The summed E-state index contributed by atoms with van der Waals surface area (Å²) < 4.78 is 1.82. The molecule has 0 unspecified atom stereocenters. The Morgan fingerprint density at radius 1 is 1.10 bits per heavy atom. The first kappa shape index (κ1) is 14.0. The van der Waals surface area contributed by atoms with E-state index in [-0.39, 0.29) is 0 Å². The predicted octanol–water partition coefficient (Wildman–Crippen LogP) is 3.90. The van der Waals surface area contributed by atoms with Crippen LogP contribution in [0.5, 0.6) is 0 Å². The van der Waals surface area contributed by atoms with Crippen LogP contribution in [0.4, 0.5) is 0 Å². The van der Waals surface area contributed by atoms with Gasteiger partial charge in [-0.2, -0.15) is 5.10 Å². The van der Waals surface area contributed by atoms with Crippen molar-refractivity contribution in [1.29, 1.82) is 0 Å². The second-order valence-electron chi connectivity index (χ2n) is 4.62. The number of hydrogen-bond donors (Lipinski definition) is 0. The van der Waals surface area contributed by atoms with Gasteiger partial charge in [0.15, 0.2) is 0 Å². The van der Waals surface area contributed by atoms with Crippen molar-refractivity contribution in [2.75, 3.05) is 0 Å². The Balaban J connectivity index is 1.89. The van der Waals surface area contributed by atoms with E-state index in [1.165, 1.54) is 5.56 Å². The molecule has 0 saturated carbocycles. The van der Waals surface area contributed by atoms with Gasteiger partial charge >= 0.3 is 0 Å². The van der Waals surface area contributed by atoms with Crippen LogP contribution in [0.2, 0.25) is 5.02 Å². The zero-order valence-electron chi connectivity index (χ0n) is 11.5. The molecule has 0 atom stereocenters. The third kappa shape index (κ3) is 3.40. The van der Waals surface area contributed by atoms with Gasteiger partial charge in [-0.05, 0) is 17.7 Å². The molecule has 0 spiro atoms. The largest absolute Gasteiger partial charge is 0.253 e. The standard InChI is InChI=1S/C16H14ClN3S/c1-20-16(18-11-12-5-3-2-4-6-12)21-15(19-20)13-7-9-14(17)10-8-13/h2-10H,11H2,1H3/b18-16+. The monoisotopic (exact) mass is 315 g/mol. The van der Waals surface area contributed by atoms with Gasteiger partial charge in [-0.1, -0.05) is 65.4 Å². The van der Waals surface area contributed by atoms with Crippen molar-refractivity contribution in [2.24, 2.45) is 12.0 Å². The Bertz CT molecular complexity index is 788. The SMILES string of the molecule is Cn1nc(-c2ccc(Cl)cc2)s/c1=N/Cc1ccccc1. The fourth-order valence-corrected chi connectivity index (χ4v) is 2.96. The van der Waals surface area contributed by atoms with E-state index >= 15 is 0 Å². The fourth-order valence-electron chi connectivity index (χ4n) is 1.94. The van der Waals surface area contributed by atoms with Crippen molar-refractivity contribution in [3.8, 4) is 10.6 Å². The number of aryl methyl sites for hydroxylation is 1. The summed E-state index contributed by atoms with van der Waals surface area (Å²) in [6.45, 7) is 0.664. The van der Waals surface area contributed by atoms with Crippen molar-refractivity contribution in [2.45, 2.75) is 6.54 Å². The Labute approximate surface area is 132 Å². The Kier molecular flexibility index (Phi) is 4.18. The van der Waals surface area contributed by atoms with Gasteiger partial charge in [-0.25, -0.2) is 4.68 Å². The second kappa shape index (κ2) is 6.24. The Hall–Kier alpha value is -1.91. The van der Waals surface area contributed by atoms with E-state index < -0.39 is 0 Å². The average molecular weight is 316 g/mol. The summed E-state index contributed by atoms with van der Waals surface area (Å²) in [5, 5.41) is 6.20. The van der Waals surface area contributed by atoms with Gasteiger partial charge < -0.3 is 0 Å². The van der Waals surface area contributed by atoms with Gasteiger partial charge in [0.1, 0.15) is 5.01 Å². The van der Waals surface area contributed by atoms with E-state index in [9.17, 15) is 0 Å². The highest BCUT2D eigenvalue weighted by Gasteiger charge is 2.04. The van der Waals surface area contributed by atoms with Crippen LogP contribution in [0, 0.1) is 0 Å². The summed E-state index contributed by atoms with van der Waals surface area (Å²) in [4.78, 5) is 5.54. The number of nitrogens with zero attached hydrogens (tertiary/aromatic N) is 3. The van der Waals surface area contributed by atoms with E-state index in [0.29, 0.717) is 6.54 Å². The van der Waals surface area contributed by atoms with Crippen LogP contribution in [-0.2, 0) is 13.6 Å². The fraction of sp³-hybridized carbons (Fsp3) is 0.125. The highest BCUT2D eigenvalue weighted by atomic mass is 35.5. The zero-order valence-corrected chi connectivity index (χ0v) is 13.1. The number of aromatic nitrogens is 2. The minimum atomic E-state index is 0.664. The molecule has 2 aromatic carbocycles. The van der Waals surface area contributed by atoms with Crippen molar-refractivity contribution in [3.05, 3.63) is 70.0 Å². The maximum atomic E-state index is 5.91. The van der Waals surface area contributed by atoms with Gasteiger partial charge in [-0.3, -0.25) is 4.99 Å². The molecular weight excluding hydrogens is 302 g/mol. The van der Waals surface area contributed by atoms with Crippen LogP contribution in [-0.4, -0.2) is 9.78 Å². The van der Waals surface area contributed by atoms with Crippen LogP contribution in [0.3, 0.4) is 0 Å². The topological polar surface area (TPSA) is 30.2 Å². The van der Waals surface area contributed by atoms with Gasteiger partial charge in [0.25, 0.3) is 0 Å². The lowest BCUT2D eigenvalue weighted by Crippen LogP contribution is -2.11. The molecule has 3 nitrogen and oxygen atoms in total. The van der Waals surface area contributed by atoms with Crippen molar-refractivity contribution in [1.82, 2.24) is 9.78 Å². The molecule has 0 aliphatic heterocycles. The molecule has 0 amide bonds. The summed E-state index contributed by atoms with van der Waals surface area (Å²) in [7, 11) is 1.92. The summed E-state index contributed by atoms with van der Waals surface area (Å²) in [6.07, 6.45) is 0. The lowest BCUT2D eigenvalue weighted by molar-refractivity contribution is 0.719. The molecule has 3 rings (SSSR count). The molecule has 0 aliphatic rings. The molecule has 0 N–H and O–H groups in total. The Morgan fingerprint density at radius 3 is 2.52 bits per heavy atom. The highest BCUT2D eigenvalue weighted by Crippen LogP contribution is 2.21. The lowest BCUT2D eigenvalue weighted by Gasteiger charge is -1.94. The lowest BCUT2D eigenvalue weighted by atomic mass is 10.2. The van der Waals surface area contributed by atoms with Crippen LogP contribution in [0.1, 0.15) is 5.56 Å². The molecule has 0 aliphatic carbocycles. The zero-order chi connectivity index (χ0) is 14.7. The average Bonchev–Trinajstić information content (AvgIpc) is 2.88. The van der Waals surface area contributed by atoms with Gasteiger partial charge in [0, 0.05) is 17.6 Å². The third-order valence-corrected chi connectivity index (χ3v) is 4.38. The molecular formula is C16H14ClN3S. The van der Waals surface area contributed by atoms with Crippen LogP contribution in [0.15, 0.2) is 59.6 Å². The second-order valence-corrected chi connectivity index (χ2v) is 6.01. The number of rotatable bonds is 3. The maximum absolute atomic E-state index is 5.91. The van der Waals surface area contributed by atoms with Crippen LogP contribution >= 0.6 is 22.9 Å². The molecule has 21 heavy (non-hydrogen) atoms. The molecule has 0 radical (unpaired) electrons. The first-order valence-electron chi connectivity index (χ1n) is 6.57. The number of benzene rings is 2. The van der Waals surface area contributed by atoms with E-state index in [2.05, 4.69) is 22.2 Å². The van der Waals surface area contributed by atoms with Crippen molar-refractivity contribution in [3.63, 3.8) is 0 Å². The molecule has 106 valence electrons. The maximum Gasteiger partial charge on any atom is 0.203 e. The van der Waals surface area contributed by atoms with E-state index in [4.69, 9.17) is 11.6 Å². The molecule has 5 heteroatoms. The van der Waals surface area contributed by atoms with Crippen molar-refractivity contribution >= 4 is 22.9 Å². The first-order valence-corrected chi connectivity index (χ1v) is 7.76. The van der Waals surface area contributed by atoms with Gasteiger partial charge in [0.2, 0.25) is 4.80 Å². The van der Waals surface area contributed by atoms with Gasteiger partial charge in [-0.15, -0.1) is 0 Å². The summed E-state index contributed by atoms with van der Waals surface area (Å²) in [5.41, 5.74) is 2.25. The Morgan fingerprint density at radius 2 is 1.81 bits per heavy atom. The normalized spacial score (nSPS) is 11.8. The van der Waals surface area contributed by atoms with Crippen LogP contribution < -0.4 is 4.80 Å². The van der Waals surface area contributed by atoms with E-state index in [1.54, 1.807) is 11.3 Å². The van der Waals surface area contributed by atoms with Crippen LogP contribution in [0.25, 0.3) is 10.6 Å². The van der Waals surface area contributed by atoms with E-state index in [1.807, 2.05) is 54.2 Å². The summed E-state index contributed by atoms with van der Waals surface area (Å²) >= 11 is 7.49. The third-order valence-electron chi connectivity index (χ3n) is 3.04.